The van der Waals surface area contributed by atoms with Crippen molar-refractivity contribution < 1.29 is 9.47 Å². The second-order valence-electron chi connectivity index (χ2n) is 6.31. The maximum absolute atomic E-state index is 5.60. The number of fused-ring (bicyclic) bond motifs is 1. The predicted octanol–water partition coefficient (Wildman–Crippen LogP) is 4.50. The molecule has 2 aromatic rings. The van der Waals surface area contributed by atoms with Gasteiger partial charge in [0.05, 0.1) is 0 Å². The van der Waals surface area contributed by atoms with E-state index in [1.807, 2.05) is 18.2 Å². The van der Waals surface area contributed by atoms with Crippen LogP contribution in [-0.4, -0.2) is 13.2 Å². The number of hydrogen-bond donors (Lipinski definition) is 1. The molecule has 0 saturated heterocycles. The maximum atomic E-state index is 5.60. The summed E-state index contributed by atoms with van der Waals surface area (Å²) in [4.78, 5) is 0. The third-order valence-electron chi connectivity index (χ3n) is 3.58. The van der Waals surface area contributed by atoms with Gasteiger partial charge in [-0.05, 0) is 35.2 Å². The summed E-state index contributed by atoms with van der Waals surface area (Å²) in [5.74, 6) is 1.62. The van der Waals surface area contributed by atoms with E-state index in [1.54, 1.807) is 0 Å². The lowest BCUT2D eigenvalue weighted by molar-refractivity contribution is 0.171. The molecule has 1 aliphatic rings. The van der Waals surface area contributed by atoms with Crippen LogP contribution in [0.15, 0.2) is 42.5 Å². The van der Waals surface area contributed by atoms with Gasteiger partial charge in [0.2, 0.25) is 0 Å². The molecule has 110 valence electrons. The van der Waals surface area contributed by atoms with Gasteiger partial charge in [-0.2, -0.15) is 0 Å². The third-order valence-corrected chi connectivity index (χ3v) is 3.58. The molecule has 0 saturated carbocycles. The van der Waals surface area contributed by atoms with Crippen LogP contribution in [-0.2, 0) is 5.41 Å². The van der Waals surface area contributed by atoms with Gasteiger partial charge >= 0.3 is 0 Å². The molecule has 21 heavy (non-hydrogen) atoms. The van der Waals surface area contributed by atoms with Crippen LogP contribution in [0.3, 0.4) is 0 Å². The first-order valence-corrected chi connectivity index (χ1v) is 7.29. The van der Waals surface area contributed by atoms with Crippen LogP contribution in [0.2, 0.25) is 0 Å². The molecule has 0 unspecified atom stereocenters. The van der Waals surface area contributed by atoms with Crippen molar-refractivity contribution in [2.45, 2.75) is 26.2 Å². The lowest BCUT2D eigenvalue weighted by Crippen LogP contribution is -2.15. The van der Waals surface area contributed by atoms with Crippen molar-refractivity contribution in [2.24, 2.45) is 0 Å². The highest BCUT2D eigenvalue weighted by molar-refractivity contribution is 5.64. The first-order valence-electron chi connectivity index (χ1n) is 7.29. The highest BCUT2D eigenvalue weighted by atomic mass is 16.6. The minimum atomic E-state index is 0.176. The quantitative estimate of drug-likeness (QED) is 0.880. The van der Waals surface area contributed by atoms with Gasteiger partial charge in [0.25, 0.3) is 0 Å². The van der Waals surface area contributed by atoms with Gasteiger partial charge in [-0.15, -0.1) is 0 Å². The Balaban J connectivity index is 1.77. The Morgan fingerprint density at radius 2 is 1.43 bits per heavy atom. The van der Waals surface area contributed by atoms with Crippen molar-refractivity contribution in [3.8, 4) is 11.5 Å². The summed E-state index contributed by atoms with van der Waals surface area (Å²) in [5.41, 5.74) is 3.58. The molecule has 3 nitrogen and oxygen atoms in total. The Labute approximate surface area is 125 Å². The Bertz CT molecular complexity index is 627. The van der Waals surface area contributed by atoms with Crippen LogP contribution < -0.4 is 14.8 Å². The minimum absolute atomic E-state index is 0.176. The van der Waals surface area contributed by atoms with Crippen LogP contribution in [0.4, 0.5) is 11.4 Å². The molecule has 0 aromatic heterocycles. The van der Waals surface area contributed by atoms with Crippen molar-refractivity contribution in [3.05, 3.63) is 48.0 Å². The zero-order chi connectivity index (χ0) is 14.9. The van der Waals surface area contributed by atoms with Crippen LogP contribution in [0.1, 0.15) is 26.3 Å². The SMILES string of the molecule is CC(C)(C)c1ccc(Nc2ccc3c(c2)OCCO3)cc1. The minimum Gasteiger partial charge on any atom is -0.486 e. The number of benzene rings is 2. The van der Waals surface area contributed by atoms with Crippen molar-refractivity contribution >= 4 is 11.4 Å². The maximum Gasteiger partial charge on any atom is 0.163 e. The lowest BCUT2D eigenvalue weighted by Gasteiger charge is -2.20. The molecule has 0 bridgehead atoms. The van der Waals surface area contributed by atoms with E-state index in [-0.39, 0.29) is 5.41 Å². The van der Waals surface area contributed by atoms with Gasteiger partial charge in [-0.1, -0.05) is 32.9 Å². The van der Waals surface area contributed by atoms with Crippen molar-refractivity contribution in [1.29, 1.82) is 0 Å². The van der Waals surface area contributed by atoms with E-state index in [4.69, 9.17) is 9.47 Å². The van der Waals surface area contributed by atoms with E-state index in [2.05, 4.69) is 50.4 Å². The van der Waals surface area contributed by atoms with Crippen molar-refractivity contribution in [2.75, 3.05) is 18.5 Å². The number of hydrogen-bond acceptors (Lipinski definition) is 3. The van der Waals surface area contributed by atoms with Crippen LogP contribution in [0.5, 0.6) is 11.5 Å². The molecular formula is C18H21NO2. The van der Waals surface area contributed by atoms with Crippen LogP contribution in [0, 0.1) is 0 Å². The van der Waals surface area contributed by atoms with E-state index in [0.29, 0.717) is 13.2 Å². The second-order valence-corrected chi connectivity index (χ2v) is 6.31. The number of ether oxygens (including phenoxy) is 2. The summed E-state index contributed by atoms with van der Waals surface area (Å²) >= 11 is 0. The first kappa shape index (κ1) is 13.8. The smallest absolute Gasteiger partial charge is 0.163 e. The summed E-state index contributed by atoms with van der Waals surface area (Å²) in [6.07, 6.45) is 0. The highest BCUT2D eigenvalue weighted by Crippen LogP contribution is 2.33. The summed E-state index contributed by atoms with van der Waals surface area (Å²) in [6, 6.07) is 14.5. The molecule has 0 aliphatic carbocycles. The van der Waals surface area contributed by atoms with E-state index in [0.717, 1.165) is 22.9 Å². The summed E-state index contributed by atoms with van der Waals surface area (Å²) in [5, 5.41) is 3.40. The fourth-order valence-corrected chi connectivity index (χ4v) is 2.34. The first-order chi connectivity index (χ1) is 10.0. The standard InChI is InChI=1S/C18H21NO2/c1-18(2,3)13-4-6-14(7-5-13)19-15-8-9-16-17(12-15)21-11-10-20-16/h4-9,12,19H,10-11H2,1-3H3. The van der Waals surface area contributed by atoms with Crippen molar-refractivity contribution in [1.82, 2.24) is 0 Å². The van der Waals surface area contributed by atoms with Gasteiger partial charge in [0.1, 0.15) is 13.2 Å². The fraction of sp³-hybridized carbons (Fsp3) is 0.333. The Kier molecular flexibility index (Phi) is 3.50. The molecule has 1 N–H and O–H groups in total. The van der Waals surface area contributed by atoms with Crippen LogP contribution >= 0.6 is 0 Å². The average Bonchev–Trinajstić information content (AvgIpc) is 2.47. The Morgan fingerprint density at radius 3 is 2.10 bits per heavy atom. The number of anilines is 2. The summed E-state index contributed by atoms with van der Waals surface area (Å²) < 4.78 is 11.1. The fourth-order valence-electron chi connectivity index (χ4n) is 2.34. The van der Waals surface area contributed by atoms with E-state index >= 15 is 0 Å². The molecule has 0 radical (unpaired) electrons. The van der Waals surface area contributed by atoms with E-state index < -0.39 is 0 Å². The molecule has 1 heterocycles. The molecule has 0 amide bonds. The normalized spacial score (nSPS) is 13.9. The average molecular weight is 283 g/mol. The topological polar surface area (TPSA) is 30.5 Å². The second kappa shape index (κ2) is 5.32. The summed E-state index contributed by atoms with van der Waals surface area (Å²) in [6.45, 7) is 7.88. The largest absolute Gasteiger partial charge is 0.486 e. The van der Waals surface area contributed by atoms with Gasteiger partial charge in [0.15, 0.2) is 11.5 Å². The van der Waals surface area contributed by atoms with Gasteiger partial charge in [-0.25, -0.2) is 0 Å². The van der Waals surface area contributed by atoms with Gasteiger partial charge < -0.3 is 14.8 Å². The molecule has 3 heteroatoms. The molecule has 1 aliphatic heterocycles. The Morgan fingerprint density at radius 1 is 0.810 bits per heavy atom. The molecule has 0 atom stereocenters. The lowest BCUT2D eigenvalue weighted by atomic mass is 9.87. The number of nitrogens with one attached hydrogen (secondary N) is 1. The zero-order valence-corrected chi connectivity index (χ0v) is 12.8. The molecule has 0 fully saturated rings. The molecular weight excluding hydrogens is 262 g/mol. The van der Waals surface area contributed by atoms with Crippen molar-refractivity contribution in [3.63, 3.8) is 0 Å². The van der Waals surface area contributed by atoms with E-state index in [1.165, 1.54) is 5.56 Å². The monoisotopic (exact) mass is 283 g/mol. The van der Waals surface area contributed by atoms with Crippen LogP contribution in [0.25, 0.3) is 0 Å². The highest BCUT2D eigenvalue weighted by Gasteiger charge is 2.14. The van der Waals surface area contributed by atoms with Gasteiger partial charge in [-0.3, -0.25) is 0 Å². The van der Waals surface area contributed by atoms with Gasteiger partial charge in [0, 0.05) is 17.4 Å². The molecule has 3 rings (SSSR count). The molecule has 0 spiro atoms. The predicted molar refractivity (Wildman–Crippen MR) is 85.9 cm³/mol. The Hall–Kier alpha value is -2.16. The zero-order valence-electron chi connectivity index (χ0n) is 12.8. The third kappa shape index (κ3) is 3.13. The van der Waals surface area contributed by atoms with E-state index in [9.17, 15) is 0 Å². The molecule has 2 aromatic carbocycles. The summed E-state index contributed by atoms with van der Waals surface area (Å²) in [7, 11) is 0. The number of rotatable bonds is 2.